The molecule has 2 rings (SSSR count). The second-order valence-electron chi connectivity index (χ2n) is 4.20. The predicted octanol–water partition coefficient (Wildman–Crippen LogP) is 3.73. The molecule has 0 radical (unpaired) electrons. The van der Waals surface area contributed by atoms with Crippen LogP contribution < -0.4 is 9.47 Å². The summed E-state index contributed by atoms with van der Waals surface area (Å²) in [5.74, 6) is 2.34. The van der Waals surface area contributed by atoms with E-state index in [9.17, 15) is 0 Å². The summed E-state index contributed by atoms with van der Waals surface area (Å²) in [5.41, 5.74) is 1.32. The van der Waals surface area contributed by atoms with Crippen LogP contribution in [0.2, 0.25) is 0 Å². The minimum Gasteiger partial charge on any atom is -0.497 e. The van der Waals surface area contributed by atoms with Crippen LogP contribution in [-0.4, -0.2) is 19.0 Å². The summed E-state index contributed by atoms with van der Waals surface area (Å²) >= 11 is 3.75. The Kier molecular flexibility index (Phi) is 3.74. The summed E-state index contributed by atoms with van der Waals surface area (Å²) in [4.78, 5) is 0.587. The Hall–Kier alpha value is -0.700. The summed E-state index contributed by atoms with van der Waals surface area (Å²) < 4.78 is 10.6. The van der Waals surface area contributed by atoms with Crippen molar-refractivity contribution in [1.82, 2.24) is 0 Å². The molecule has 1 aromatic carbocycles. The van der Waals surface area contributed by atoms with E-state index in [1.54, 1.807) is 14.2 Å². The van der Waals surface area contributed by atoms with E-state index in [0.29, 0.717) is 10.7 Å². The van der Waals surface area contributed by atoms with Gasteiger partial charge in [0.15, 0.2) is 0 Å². The second kappa shape index (κ2) is 5.09. The SMILES string of the molecule is COc1cc(OC)cc(C2CCCC2Br)c1. The number of rotatable bonds is 3. The first kappa shape index (κ1) is 11.8. The fourth-order valence-electron chi connectivity index (χ4n) is 2.33. The van der Waals surface area contributed by atoms with E-state index in [0.717, 1.165) is 11.5 Å². The fourth-order valence-corrected chi connectivity index (χ4v) is 3.23. The Morgan fingerprint density at radius 2 is 1.69 bits per heavy atom. The first-order valence-electron chi connectivity index (χ1n) is 5.61. The lowest BCUT2D eigenvalue weighted by Gasteiger charge is -2.16. The predicted molar refractivity (Wildman–Crippen MR) is 68.9 cm³/mol. The summed E-state index contributed by atoms with van der Waals surface area (Å²) in [7, 11) is 3.39. The number of ether oxygens (including phenoxy) is 2. The van der Waals surface area contributed by atoms with Gasteiger partial charge < -0.3 is 9.47 Å². The zero-order chi connectivity index (χ0) is 11.5. The lowest BCUT2D eigenvalue weighted by atomic mass is 9.97. The molecular weight excluding hydrogens is 268 g/mol. The average Bonchev–Trinajstić information content (AvgIpc) is 2.74. The van der Waals surface area contributed by atoms with Crippen LogP contribution in [-0.2, 0) is 0 Å². The molecule has 0 aromatic heterocycles. The molecular formula is C13H17BrO2. The molecule has 1 aliphatic rings. The maximum Gasteiger partial charge on any atom is 0.122 e. The van der Waals surface area contributed by atoms with Crippen molar-refractivity contribution in [2.24, 2.45) is 0 Å². The summed E-state index contributed by atoms with van der Waals surface area (Å²) in [5, 5.41) is 0. The molecule has 16 heavy (non-hydrogen) atoms. The van der Waals surface area contributed by atoms with Gasteiger partial charge in [-0.3, -0.25) is 0 Å². The van der Waals surface area contributed by atoms with Crippen molar-refractivity contribution in [2.75, 3.05) is 14.2 Å². The number of methoxy groups -OCH3 is 2. The molecule has 0 aliphatic heterocycles. The van der Waals surface area contributed by atoms with E-state index < -0.39 is 0 Å². The van der Waals surface area contributed by atoms with Crippen molar-refractivity contribution >= 4 is 15.9 Å². The lowest BCUT2D eigenvalue weighted by molar-refractivity contribution is 0.392. The van der Waals surface area contributed by atoms with Crippen LogP contribution in [0.4, 0.5) is 0 Å². The minimum atomic E-state index is 0.587. The smallest absolute Gasteiger partial charge is 0.122 e. The van der Waals surface area contributed by atoms with Crippen molar-refractivity contribution in [3.8, 4) is 11.5 Å². The summed E-state index contributed by atoms with van der Waals surface area (Å²) in [6, 6.07) is 6.15. The topological polar surface area (TPSA) is 18.5 Å². The van der Waals surface area contributed by atoms with Gasteiger partial charge in [0.25, 0.3) is 0 Å². The van der Waals surface area contributed by atoms with Crippen LogP contribution >= 0.6 is 15.9 Å². The Labute approximate surface area is 105 Å². The zero-order valence-corrected chi connectivity index (χ0v) is 11.3. The Bertz CT molecular complexity index is 343. The number of halogens is 1. The van der Waals surface area contributed by atoms with E-state index in [4.69, 9.17) is 9.47 Å². The second-order valence-corrected chi connectivity index (χ2v) is 5.38. The van der Waals surface area contributed by atoms with Gasteiger partial charge in [0.2, 0.25) is 0 Å². The van der Waals surface area contributed by atoms with Gasteiger partial charge >= 0.3 is 0 Å². The van der Waals surface area contributed by atoms with Crippen molar-refractivity contribution in [3.63, 3.8) is 0 Å². The van der Waals surface area contributed by atoms with Gasteiger partial charge in [-0.05, 0) is 36.5 Å². The van der Waals surface area contributed by atoms with E-state index >= 15 is 0 Å². The van der Waals surface area contributed by atoms with Gasteiger partial charge in [-0.2, -0.15) is 0 Å². The average molecular weight is 285 g/mol. The Morgan fingerprint density at radius 1 is 1.06 bits per heavy atom. The van der Waals surface area contributed by atoms with Gasteiger partial charge in [-0.25, -0.2) is 0 Å². The van der Waals surface area contributed by atoms with Gasteiger partial charge in [-0.15, -0.1) is 0 Å². The highest BCUT2D eigenvalue weighted by Gasteiger charge is 2.27. The molecule has 0 spiro atoms. The van der Waals surface area contributed by atoms with Crippen LogP contribution in [0.1, 0.15) is 30.7 Å². The largest absolute Gasteiger partial charge is 0.497 e. The van der Waals surface area contributed by atoms with Crippen molar-refractivity contribution in [3.05, 3.63) is 23.8 Å². The van der Waals surface area contributed by atoms with Gasteiger partial charge in [0.05, 0.1) is 14.2 Å². The van der Waals surface area contributed by atoms with Gasteiger partial charge in [0, 0.05) is 10.9 Å². The molecule has 0 heterocycles. The Balaban J connectivity index is 2.31. The normalized spacial score (nSPS) is 24.4. The van der Waals surface area contributed by atoms with Crippen molar-refractivity contribution in [1.29, 1.82) is 0 Å². The molecule has 1 aromatic rings. The third-order valence-corrected chi connectivity index (χ3v) is 4.33. The third kappa shape index (κ3) is 2.34. The molecule has 88 valence electrons. The molecule has 3 heteroatoms. The molecule has 0 N–H and O–H groups in total. The highest BCUT2D eigenvalue weighted by atomic mass is 79.9. The molecule has 2 unspecified atom stereocenters. The quantitative estimate of drug-likeness (QED) is 0.788. The monoisotopic (exact) mass is 284 g/mol. The Morgan fingerprint density at radius 3 is 2.12 bits per heavy atom. The van der Waals surface area contributed by atoms with Gasteiger partial charge in [-0.1, -0.05) is 22.4 Å². The van der Waals surface area contributed by atoms with Crippen LogP contribution in [0.5, 0.6) is 11.5 Å². The van der Waals surface area contributed by atoms with Crippen LogP contribution in [0.25, 0.3) is 0 Å². The lowest BCUT2D eigenvalue weighted by Crippen LogP contribution is -2.05. The molecule has 1 aliphatic carbocycles. The van der Waals surface area contributed by atoms with Crippen LogP contribution in [0.15, 0.2) is 18.2 Å². The first-order chi connectivity index (χ1) is 7.74. The van der Waals surface area contributed by atoms with E-state index in [1.807, 2.05) is 6.07 Å². The van der Waals surface area contributed by atoms with Crippen LogP contribution in [0.3, 0.4) is 0 Å². The zero-order valence-electron chi connectivity index (χ0n) is 9.70. The standard InChI is InChI=1S/C13H17BrO2/c1-15-10-6-9(7-11(8-10)16-2)12-4-3-5-13(12)14/h6-8,12-13H,3-5H2,1-2H3. The van der Waals surface area contributed by atoms with E-state index in [-0.39, 0.29) is 0 Å². The molecule has 0 bridgehead atoms. The fraction of sp³-hybridized carbons (Fsp3) is 0.538. The van der Waals surface area contributed by atoms with Gasteiger partial charge in [0.1, 0.15) is 11.5 Å². The van der Waals surface area contributed by atoms with E-state index in [2.05, 4.69) is 28.1 Å². The number of alkyl halides is 1. The molecule has 2 nitrogen and oxygen atoms in total. The maximum atomic E-state index is 5.30. The molecule has 0 amide bonds. The minimum absolute atomic E-state index is 0.587. The van der Waals surface area contributed by atoms with E-state index in [1.165, 1.54) is 24.8 Å². The maximum absolute atomic E-state index is 5.30. The molecule has 0 saturated heterocycles. The first-order valence-corrected chi connectivity index (χ1v) is 6.53. The molecule has 1 saturated carbocycles. The number of hydrogen-bond acceptors (Lipinski definition) is 2. The molecule has 2 atom stereocenters. The summed E-state index contributed by atoms with van der Waals surface area (Å²) in [6.45, 7) is 0. The highest BCUT2D eigenvalue weighted by Crippen LogP contribution is 2.41. The van der Waals surface area contributed by atoms with Crippen molar-refractivity contribution < 1.29 is 9.47 Å². The number of hydrogen-bond donors (Lipinski definition) is 0. The third-order valence-electron chi connectivity index (χ3n) is 3.23. The number of benzene rings is 1. The highest BCUT2D eigenvalue weighted by molar-refractivity contribution is 9.09. The van der Waals surface area contributed by atoms with Crippen molar-refractivity contribution in [2.45, 2.75) is 30.0 Å². The van der Waals surface area contributed by atoms with Crippen LogP contribution in [0, 0.1) is 0 Å². The summed E-state index contributed by atoms with van der Waals surface area (Å²) in [6.07, 6.45) is 3.79. The molecule has 1 fully saturated rings.